The molecule has 0 fully saturated rings. The van der Waals surface area contributed by atoms with E-state index in [0.717, 1.165) is 11.1 Å². The number of nitrogens with one attached hydrogen (secondary N) is 1. The van der Waals surface area contributed by atoms with Crippen molar-refractivity contribution >= 4 is 17.7 Å². The van der Waals surface area contributed by atoms with Crippen LogP contribution in [-0.2, 0) is 14.3 Å². The van der Waals surface area contributed by atoms with Crippen LogP contribution in [0.25, 0.3) is 0 Å². The number of rotatable bonds is 11. The highest BCUT2D eigenvalue weighted by molar-refractivity contribution is 5.88. The standard InChI is InChI=1S/C25H31NO7/c1-5-31-24(28)18(3)17(2)16-23(19-6-10-22(11-7-19)32-15-14-27)33-25(29)26-20-8-12-21(30-4)13-9-20/h6-13,23,27H,5,14-16H2,1-4H3,(H,26,29)/b18-17+/t23-/m0/s1. The lowest BCUT2D eigenvalue weighted by atomic mass is 9.99. The maximum Gasteiger partial charge on any atom is 0.412 e. The maximum atomic E-state index is 12.6. The van der Waals surface area contributed by atoms with Crippen LogP contribution in [0.2, 0.25) is 0 Å². The highest BCUT2D eigenvalue weighted by atomic mass is 16.6. The lowest BCUT2D eigenvalue weighted by Gasteiger charge is -2.20. The minimum absolute atomic E-state index is 0.0872. The van der Waals surface area contributed by atoms with Gasteiger partial charge in [0.05, 0.1) is 20.3 Å². The summed E-state index contributed by atoms with van der Waals surface area (Å²) in [6.45, 7) is 5.62. The number of aliphatic hydroxyl groups excluding tert-OH is 1. The minimum atomic E-state index is -0.653. The molecule has 33 heavy (non-hydrogen) atoms. The maximum absolute atomic E-state index is 12.6. The van der Waals surface area contributed by atoms with Gasteiger partial charge in [0.2, 0.25) is 0 Å². The fraction of sp³-hybridized carbons (Fsp3) is 0.360. The number of carbonyl (C=O) groups is 2. The number of methoxy groups -OCH3 is 1. The van der Waals surface area contributed by atoms with E-state index in [9.17, 15) is 9.59 Å². The van der Waals surface area contributed by atoms with Gasteiger partial charge in [0.25, 0.3) is 0 Å². The van der Waals surface area contributed by atoms with Crippen molar-refractivity contribution in [1.82, 2.24) is 0 Å². The third-order valence-electron chi connectivity index (χ3n) is 4.91. The van der Waals surface area contributed by atoms with E-state index in [1.807, 2.05) is 6.92 Å². The van der Waals surface area contributed by atoms with E-state index in [2.05, 4.69) is 5.32 Å². The monoisotopic (exact) mass is 457 g/mol. The summed E-state index contributed by atoms with van der Waals surface area (Å²) in [5, 5.41) is 11.6. The average molecular weight is 458 g/mol. The Morgan fingerprint density at radius 1 is 1.00 bits per heavy atom. The van der Waals surface area contributed by atoms with Gasteiger partial charge >= 0.3 is 12.1 Å². The third-order valence-corrected chi connectivity index (χ3v) is 4.91. The SMILES string of the molecule is CCOC(=O)/C(C)=C(\C)C[C@H](OC(=O)Nc1ccc(OC)cc1)c1ccc(OCCO)cc1. The van der Waals surface area contributed by atoms with Gasteiger partial charge in [-0.2, -0.15) is 0 Å². The molecule has 0 aliphatic heterocycles. The first kappa shape index (κ1) is 25.7. The van der Waals surface area contributed by atoms with Crippen LogP contribution >= 0.6 is 0 Å². The molecule has 178 valence electrons. The first-order valence-electron chi connectivity index (χ1n) is 10.7. The van der Waals surface area contributed by atoms with Crippen LogP contribution in [0.15, 0.2) is 59.7 Å². The van der Waals surface area contributed by atoms with Gasteiger partial charge < -0.3 is 24.1 Å². The summed E-state index contributed by atoms with van der Waals surface area (Å²) < 4.78 is 21.3. The number of ether oxygens (including phenoxy) is 4. The summed E-state index contributed by atoms with van der Waals surface area (Å²) in [7, 11) is 1.57. The lowest BCUT2D eigenvalue weighted by molar-refractivity contribution is -0.138. The van der Waals surface area contributed by atoms with Crippen LogP contribution in [0.3, 0.4) is 0 Å². The normalized spacial score (nSPS) is 12.3. The van der Waals surface area contributed by atoms with Crippen molar-refractivity contribution in [2.24, 2.45) is 0 Å². The summed E-state index contributed by atoms with van der Waals surface area (Å²) >= 11 is 0. The van der Waals surface area contributed by atoms with Crippen molar-refractivity contribution in [3.05, 3.63) is 65.2 Å². The number of hydrogen-bond acceptors (Lipinski definition) is 7. The Morgan fingerprint density at radius 2 is 1.64 bits per heavy atom. The topological polar surface area (TPSA) is 103 Å². The van der Waals surface area contributed by atoms with Crippen LogP contribution in [-0.4, -0.2) is 44.1 Å². The number of esters is 1. The molecule has 0 radical (unpaired) electrons. The number of amides is 1. The molecule has 0 saturated carbocycles. The van der Waals surface area contributed by atoms with Gasteiger partial charge in [-0.05, 0) is 62.7 Å². The van der Waals surface area contributed by atoms with E-state index in [1.165, 1.54) is 0 Å². The Morgan fingerprint density at radius 3 is 2.21 bits per heavy atom. The van der Waals surface area contributed by atoms with Gasteiger partial charge in [0.15, 0.2) is 0 Å². The molecule has 0 saturated heterocycles. The molecule has 0 heterocycles. The van der Waals surface area contributed by atoms with Crippen LogP contribution in [0.4, 0.5) is 10.5 Å². The van der Waals surface area contributed by atoms with E-state index < -0.39 is 18.2 Å². The quantitative estimate of drug-likeness (QED) is 0.374. The van der Waals surface area contributed by atoms with Crippen molar-refractivity contribution in [3.63, 3.8) is 0 Å². The van der Waals surface area contributed by atoms with Gasteiger partial charge in [0.1, 0.15) is 24.2 Å². The molecule has 0 bridgehead atoms. The molecular formula is C25H31NO7. The lowest BCUT2D eigenvalue weighted by Crippen LogP contribution is -2.18. The Balaban J connectivity index is 2.20. The van der Waals surface area contributed by atoms with Gasteiger partial charge in [0, 0.05) is 17.7 Å². The van der Waals surface area contributed by atoms with E-state index in [-0.39, 0.29) is 19.8 Å². The molecule has 1 atom stereocenters. The van der Waals surface area contributed by atoms with E-state index in [1.54, 1.807) is 69.5 Å². The number of aliphatic hydroxyl groups is 1. The van der Waals surface area contributed by atoms with Gasteiger partial charge in [-0.1, -0.05) is 17.7 Å². The molecule has 2 aromatic rings. The van der Waals surface area contributed by atoms with Gasteiger partial charge in [-0.25, -0.2) is 9.59 Å². The van der Waals surface area contributed by atoms with Gasteiger partial charge in [-0.3, -0.25) is 5.32 Å². The average Bonchev–Trinajstić information content (AvgIpc) is 2.82. The van der Waals surface area contributed by atoms with Gasteiger partial charge in [-0.15, -0.1) is 0 Å². The smallest absolute Gasteiger partial charge is 0.412 e. The highest BCUT2D eigenvalue weighted by Gasteiger charge is 2.20. The summed E-state index contributed by atoms with van der Waals surface area (Å²) in [5.41, 5.74) is 2.51. The molecule has 8 nitrogen and oxygen atoms in total. The van der Waals surface area contributed by atoms with Crippen LogP contribution < -0.4 is 14.8 Å². The zero-order chi connectivity index (χ0) is 24.2. The first-order valence-corrected chi connectivity index (χ1v) is 10.7. The fourth-order valence-corrected chi connectivity index (χ4v) is 2.97. The number of hydrogen-bond donors (Lipinski definition) is 2. The van der Waals surface area contributed by atoms with Crippen molar-refractivity contribution < 1.29 is 33.6 Å². The Labute approximate surface area is 194 Å². The first-order chi connectivity index (χ1) is 15.9. The second-order valence-corrected chi connectivity index (χ2v) is 7.22. The van der Waals surface area contributed by atoms with E-state index >= 15 is 0 Å². The van der Waals surface area contributed by atoms with Crippen molar-refractivity contribution in [3.8, 4) is 11.5 Å². The van der Waals surface area contributed by atoms with E-state index in [0.29, 0.717) is 29.2 Å². The molecule has 0 aromatic heterocycles. The summed E-state index contributed by atoms with van der Waals surface area (Å²) in [4.78, 5) is 24.7. The predicted octanol–water partition coefficient (Wildman–Crippen LogP) is 4.65. The van der Waals surface area contributed by atoms with E-state index in [4.69, 9.17) is 24.1 Å². The molecule has 1 amide bonds. The van der Waals surface area contributed by atoms with Crippen LogP contribution in [0.5, 0.6) is 11.5 Å². The highest BCUT2D eigenvalue weighted by Crippen LogP contribution is 2.29. The zero-order valence-electron chi connectivity index (χ0n) is 19.4. The molecule has 0 spiro atoms. The minimum Gasteiger partial charge on any atom is -0.497 e. The molecule has 0 unspecified atom stereocenters. The van der Waals surface area contributed by atoms with Crippen molar-refractivity contribution in [2.45, 2.75) is 33.3 Å². The fourth-order valence-electron chi connectivity index (χ4n) is 2.97. The van der Waals surface area contributed by atoms with Crippen molar-refractivity contribution in [1.29, 1.82) is 0 Å². The molecule has 0 aliphatic carbocycles. The molecule has 8 heteroatoms. The third kappa shape index (κ3) is 8.16. The molecule has 2 rings (SSSR count). The molecule has 2 aromatic carbocycles. The summed E-state index contributed by atoms with van der Waals surface area (Å²) in [6.07, 6.45) is -0.982. The number of benzene rings is 2. The largest absolute Gasteiger partial charge is 0.497 e. The number of carbonyl (C=O) groups excluding carboxylic acids is 2. The molecule has 2 N–H and O–H groups in total. The Bertz CT molecular complexity index is 936. The molecular weight excluding hydrogens is 426 g/mol. The number of anilines is 1. The van der Waals surface area contributed by atoms with Crippen molar-refractivity contribution in [2.75, 3.05) is 32.2 Å². The Hall–Kier alpha value is -3.52. The Kier molecular flexibility index (Phi) is 10.2. The van der Waals surface area contributed by atoms with Crippen LogP contribution in [0, 0.1) is 0 Å². The summed E-state index contributed by atoms with van der Waals surface area (Å²) in [5.74, 6) is 0.860. The molecule has 0 aliphatic rings. The summed E-state index contributed by atoms with van der Waals surface area (Å²) in [6, 6.07) is 13.9. The second-order valence-electron chi connectivity index (χ2n) is 7.22. The zero-order valence-corrected chi connectivity index (χ0v) is 19.4. The van der Waals surface area contributed by atoms with Crippen LogP contribution in [0.1, 0.15) is 38.9 Å². The second kappa shape index (κ2) is 13.1. The predicted molar refractivity (Wildman–Crippen MR) is 124 cm³/mol.